The summed E-state index contributed by atoms with van der Waals surface area (Å²) >= 11 is 6.11. The third-order valence-corrected chi connectivity index (χ3v) is 5.46. The highest BCUT2D eigenvalue weighted by Crippen LogP contribution is 2.39. The molecule has 0 aliphatic carbocycles. The van der Waals surface area contributed by atoms with E-state index in [0.29, 0.717) is 5.02 Å². The van der Waals surface area contributed by atoms with Gasteiger partial charge in [-0.05, 0) is 48.1 Å². The lowest BCUT2D eigenvalue weighted by atomic mass is 9.86. The predicted molar refractivity (Wildman–Crippen MR) is 99.1 cm³/mol. The smallest absolute Gasteiger partial charge is 0.303 e. The molecule has 8 heteroatoms. The molecule has 0 spiro atoms. The van der Waals surface area contributed by atoms with Gasteiger partial charge in [0, 0.05) is 29.1 Å². The fraction of sp³-hybridized carbons (Fsp3) is 0.611. The summed E-state index contributed by atoms with van der Waals surface area (Å²) in [6.07, 6.45) is 0.365. The standard InChI is InChI=1S/C18H23ClN4O3/c1-4-15-10(2)16(21-22-20)17(25-11(3)24)18(26-15)23-8-7-12-9-13(19)5-6-14(12)23/h5-6,9-10,15-18H,4,7-8H2,1-3H3/t10-,15+,16-,17+,18+/m0/s1. The van der Waals surface area contributed by atoms with E-state index in [4.69, 9.17) is 26.6 Å². The quantitative estimate of drug-likeness (QED) is 0.341. The van der Waals surface area contributed by atoms with Gasteiger partial charge in [0.25, 0.3) is 0 Å². The van der Waals surface area contributed by atoms with E-state index in [1.54, 1.807) is 0 Å². The Morgan fingerprint density at radius 3 is 2.96 bits per heavy atom. The Kier molecular flexibility index (Phi) is 5.61. The molecule has 0 saturated carbocycles. The van der Waals surface area contributed by atoms with Crippen molar-refractivity contribution in [2.45, 2.75) is 58.1 Å². The first kappa shape index (κ1) is 18.8. The third kappa shape index (κ3) is 3.47. The van der Waals surface area contributed by atoms with E-state index < -0.39 is 24.3 Å². The summed E-state index contributed by atoms with van der Waals surface area (Å²) in [7, 11) is 0. The van der Waals surface area contributed by atoms with Crippen LogP contribution in [0.25, 0.3) is 10.4 Å². The molecule has 2 heterocycles. The Morgan fingerprint density at radius 1 is 1.54 bits per heavy atom. The van der Waals surface area contributed by atoms with Gasteiger partial charge in [-0.3, -0.25) is 4.79 Å². The summed E-state index contributed by atoms with van der Waals surface area (Å²) in [4.78, 5) is 16.8. The number of azide groups is 1. The van der Waals surface area contributed by atoms with Crippen molar-refractivity contribution in [3.05, 3.63) is 39.2 Å². The molecule has 0 aromatic heterocycles. The zero-order valence-electron chi connectivity index (χ0n) is 15.1. The van der Waals surface area contributed by atoms with Gasteiger partial charge in [0.05, 0.1) is 12.1 Å². The zero-order valence-corrected chi connectivity index (χ0v) is 15.9. The molecule has 26 heavy (non-hydrogen) atoms. The monoisotopic (exact) mass is 378 g/mol. The van der Waals surface area contributed by atoms with Gasteiger partial charge in [-0.25, -0.2) is 0 Å². The van der Waals surface area contributed by atoms with Crippen LogP contribution in [0.5, 0.6) is 0 Å². The molecule has 0 N–H and O–H groups in total. The highest BCUT2D eigenvalue weighted by atomic mass is 35.5. The molecular formula is C18H23ClN4O3. The van der Waals surface area contributed by atoms with Gasteiger partial charge in [-0.15, -0.1) is 0 Å². The number of hydrogen-bond donors (Lipinski definition) is 0. The van der Waals surface area contributed by atoms with Crippen molar-refractivity contribution in [2.75, 3.05) is 11.4 Å². The number of esters is 1. The number of carbonyl (C=O) groups excluding carboxylic acids is 1. The van der Waals surface area contributed by atoms with E-state index in [2.05, 4.69) is 14.9 Å². The minimum Gasteiger partial charge on any atom is -0.457 e. The molecule has 1 saturated heterocycles. The number of halogens is 1. The van der Waals surface area contributed by atoms with Gasteiger partial charge >= 0.3 is 5.97 Å². The number of nitrogens with zero attached hydrogens (tertiary/aromatic N) is 4. The molecule has 140 valence electrons. The number of benzene rings is 1. The fourth-order valence-electron chi connectivity index (χ4n) is 4.00. The average Bonchev–Trinajstić information content (AvgIpc) is 3.01. The third-order valence-electron chi connectivity index (χ3n) is 5.23. The molecule has 3 rings (SSSR count). The largest absolute Gasteiger partial charge is 0.457 e. The average molecular weight is 379 g/mol. The minimum absolute atomic E-state index is 0.0520. The lowest BCUT2D eigenvalue weighted by Crippen LogP contribution is -2.60. The number of hydrogen-bond acceptors (Lipinski definition) is 5. The Labute approximate surface area is 157 Å². The van der Waals surface area contributed by atoms with Crippen molar-refractivity contribution in [1.29, 1.82) is 0 Å². The van der Waals surface area contributed by atoms with Crippen molar-refractivity contribution < 1.29 is 14.3 Å². The number of anilines is 1. The molecule has 1 aromatic carbocycles. The number of fused-ring (bicyclic) bond motifs is 1. The van der Waals surface area contributed by atoms with Gasteiger partial charge in [0.1, 0.15) is 0 Å². The first-order valence-electron chi connectivity index (χ1n) is 8.88. The minimum atomic E-state index is -0.664. The maximum atomic E-state index is 11.7. The highest BCUT2D eigenvalue weighted by molar-refractivity contribution is 6.30. The van der Waals surface area contributed by atoms with Crippen LogP contribution in [-0.2, 0) is 20.7 Å². The summed E-state index contributed by atoms with van der Waals surface area (Å²) in [6.45, 7) is 6.09. The van der Waals surface area contributed by atoms with E-state index in [9.17, 15) is 4.79 Å². The Hall–Kier alpha value is -1.95. The van der Waals surface area contributed by atoms with E-state index >= 15 is 0 Å². The number of carbonyl (C=O) groups is 1. The van der Waals surface area contributed by atoms with Crippen LogP contribution in [-0.4, -0.2) is 37.0 Å². The molecule has 0 bridgehead atoms. The summed E-state index contributed by atoms with van der Waals surface area (Å²) in [5.41, 5.74) is 11.2. The lowest BCUT2D eigenvalue weighted by molar-refractivity contribution is -0.183. The van der Waals surface area contributed by atoms with Gasteiger partial charge in [-0.2, -0.15) is 0 Å². The van der Waals surface area contributed by atoms with Gasteiger partial charge in [0.15, 0.2) is 12.3 Å². The molecule has 1 fully saturated rings. The number of rotatable bonds is 4. The SMILES string of the molecule is CC[C@H]1O[C@@H](N2CCc3cc(Cl)ccc32)[C@H](OC(C)=O)[C@@H](N=[N+]=[N-])[C@H]1C. The number of ether oxygens (including phenoxy) is 2. The van der Waals surface area contributed by atoms with Gasteiger partial charge in [-0.1, -0.05) is 30.6 Å². The maximum absolute atomic E-state index is 11.7. The molecule has 1 aromatic rings. The molecular weight excluding hydrogens is 356 g/mol. The van der Waals surface area contributed by atoms with Crippen molar-refractivity contribution >= 4 is 23.3 Å². The fourth-order valence-corrected chi connectivity index (χ4v) is 4.19. The van der Waals surface area contributed by atoms with Crippen LogP contribution < -0.4 is 4.90 Å². The molecule has 7 nitrogen and oxygen atoms in total. The molecule has 2 aliphatic rings. The van der Waals surface area contributed by atoms with Gasteiger partial charge in [0.2, 0.25) is 0 Å². The van der Waals surface area contributed by atoms with E-state index in [1.807, 2.05) is 32.0 Å². The summed E-state index contributed by atoms with van der Waals surface area (Å²) in [6, 6.07) is 5.27. The van der Waals surface area contributed by atoms with Crippen LogP contribution in [0.2, 0.25) is 5.02 Å². The van der Waals surface area contributed by atoms with Crippen LogP contribution >= 0.6 is 11.6 Å². The van der Waals surface area contributed by atoms with Crippen molar-refractivity contribution in [3.8, 4) is 0 Å². The van der Waals surface area contributed by atoms with Crippen LogP contribution in [0, 0.1) is 5.92 Å². The van der Waals surface area contributed by atoms with Gasteiger partial charge < -0.3 is 14.4 Å². The van der Waals surface area contributed by atoms with Crippen LogP contribution in [0.15, 0.2) is 23.3 Å². The topological polar surface area (TPSA) is 87.5 Å². The van der Waals surface area contributed by atoms with E-state index in [0.717, 1.165) is 30.6 Å². The van der Waals surface area contributed by atoms with Crippen LogP contribution in [0.1, 0.15) is 32.8 Å². The van der Waals surface area contributed by atoms with Crippen molar-refractivity contribution in [2.24, 2.45) is 11.0 Å². The zero-order chi connectivity index (χ0) is 18.8. The van der Waals surface area contributed by atoms with Crippen molar-refractivity contribution in [1.82, 2.24) is 0 Å². The second-order valence-electron chi connectivity index (χ2n) is 6.82. The first-order chi connectivity index (χ1) is 12.5. The van der Waals surface area contributed by atoms with Crippen LogP contribution in [0.3, 0.4) is 0 Å². The maximum Gasteiger partial charge on any atom is 0.303 e. The van der Waals surface area contributed by atoms with E-state index in [-0.39, 0.29) is 12.0 Å². The normalized spacial score (nSPS) is 30.5. The Morgan fingerprint density at radius 2 is 2.31 bits per heavy atom. The summed E-state index contributed by atoms with van der Waals surface area (Å²) in [5.74, 6) is -0.469. The second kappa shape index (κ2) is 7.74. The molecule has 5 atom stereocenters. The Bertz CT molecular complexity index is 737. The summed E-state index contributed by atoms with van der Waals surface area (Å²) in [5, 5.41) is 4.66. The molecule has 0 unspecified atom stereocenters. The summed E-state index contributed by atoms with van der Waals surface area (Å²) < 4.78 is 11.9. The van der Waals surface area contributed by atoms with Crippen molar-refractivity contribution in [3.63, 3.8) is 0 Å². The molecule has 2 aliphatic heterocycles. The highest BCUT2D eigenvalue weighted by Gasteiger charge is 2.48. The Balaban J connectivity index is 1.99. The lowest BCUT2D eigenvalue weighted by Gasteiger charge is -2.47. The first-order valence-corrected chi connectivity index (χ1v) is 9.26. The predicted octanol–water partition coefficient (Wildman–Crippen LogP) is 4.08. The molecule has 0 radical (unpaired) electrons. The van der Waals surface area contributed by atoms with E-state index in [1.165, 1.54) is 6.92 Å². The molecule has 0 amide bonds. The van der Waals surface area contributed by atoms with Crippen LogP contribution in [0.4, 0.5) is 5.69 Å². The second-order valence-corrected chi connectivity index (χ2v) is 7.25.